The third kappa shape index (κ3) is 5.37. The van der Waals surface area contributed by atoms with Crippen molar-refractivity contribution >= 4 is 6.41 Å². The average Bonchev–Trinajstić information content (AvgIpc) is 3.13. The normalized spacial score (nSPS) is 24.9. The van der Waals surface area contributed by atoms with Crippen LogP contribution in [0.5, 0.6) is 0 Å². The van der Waals surface area contributed by atoms with E-state index in [0.29, 0.717) is 18.6 Å². The molecule has 0 bridgehead atoms. The van der Waals surface area contributed by atoms with Gasteiger partial charge in [-0.15, -0.1) is 0 Å². The standard InChI is InChI=1S/C16H16FNO.C6H13NO/c1-3-12-9-10-18(11-19)16(15(12)4-2)13-5-7-14(17)8-6-13;1-5-2-6(3-7)4-8-5/h3-8,11,16H,1-2,9-10H2;5-6H,2-4,7H2,1H3/t16-;5-,6-/m01/s1. The van der Waals surface area contributed by atoms with Crippen LogP contribution in [-0.2, 0) is 9.53 Å². The molecule has 5 heteroatoms. The molecule has 0 spiro atoms. The number of nitrogens with zero attached hydrogens (tertiary/aromatic N) is 1. The first-order valence-electron chi connectivity index (χ1n) is 9.30. The van der Waals surface area contributed by atoms with E-state index in [1.807, 2.05) is 0 Å². The molecule has 3 rings (SSSR count). The Balaban J connectivity index is 0.000000273. The van der Waals surface area contributed by atoms with Crippen molar-refractivity contribution in [2.75, 3.05) is 19.7 Å². The first-order chi connectivity index (χ1) is 13.0. The maximum Gasteiger partial charge on any atom is 0.210 e. The minimum atomic E-state index is -0.287. The van der Waals surface area contributed by atoms with Gasteiger partial charge in [-0.1, -0.05) is 37.4 Å². The maximum absolute atomic E-state index is 13.0. The van der Waals surface area contributed by atoms with E-state index in [9.17, 15) is 9.18 Å². The van der Waals surface area contributed by atoms with Crippen LogP contribution in [0.3, 0.4) is 0 Å². The van der Waals surface area contributed by atoms with E-state index in [1.165, 1.54) is 12.1 Å². The van der Waals surface area contributed by atoms with E-state index in [4.69, 9.17) is 10.5 Å². The molecule has 4 nitrogen and oxygen atoms in total. The van der Waals surface area contributed by atoms with Gasteiger partial charge in [0.1, 0.15) is 5.82 Å². The molecule has 0 aliphatic carbocycles. The van der Waals surface area contributed by atoms with Crippen LogP contribution in [0, 0.1) is 11.7 Å². The van der Waals surface area contributed by atoms with Gasteiger partial charge >= 0.3 is 0 Å². The highest BCUT2D eigenvalue weighted by atomic mass is 19.1. The van der Waals surface area contributed by atoms with Crippen LogP contribution < -0.4 is 5.73 Å². The van der Waals surface area contributed by atoms with E-state index in [-0.39, 0.29) is 11.9 Å². The number of hydrogen-bond donors (Lipinski definition) is 1. The van der Waals surface area contributed by atoms with Crippen LogP contribution in [0.15, 0.2) is 60.7 Å². The molecule has 2 heterocycles. The molecule has 0 aromatic heterocycles. The van der Waals surface area contributed by atoms with Crippen molar-refractivity contribution in [3.63, 3.8) is 0 Å². The Morgan fingerprint density at radius 1 is 1.30 bits per heavy atom. The number of amides is 1. The summed E-state index contributed by atoms with van der Waals surface area (Å²) in [5.41, 5.74) is 8.34. The van der Waals surface area contributed by atoms with Gasteiger partial charge in [0.25, 0.3) is 0 Å². The summed E-state index contributed by atoms with van der Waals surface area (Å²) in [5, 5.41) is 0. The molecule has 1 aromatic carbocycles. The number of ether oxygens (including phenoxy) is 1. The van der Waals surface area contributed by atoms with Gasteiger partial charge in [-0.3, -0.25) is 4.79 Å². The van der Waals surface area contributed by atoms with Crippen molar-refractivity contribution in [2.24, 2.45) is 11.7 Å². The van der Waals surface area contributed by atoms with E-state index >= 15 is 0 Å². The molecule has 0 unspecified atom stereocenters. The Hall–Kier alpha value is -2.24. The van der Waals surface area contributed by atoms with Crippen LogP contribution in [0.25, 0.3) is 0 Å². The summed E-state index contributed by atoms with van der Waals surface area (Å²) in [4.78, 5) is 12.9. The maximum atomic E-state index is 13.0. The lowest BCUT2D eigenvalue weighted by atomic mass is 9.88. The van der Waals surface area contributed by atoms with Gasteiger partial charge in [0.15, 0.2) is 0 Å². The molecule has 2 aliphatic heterocycles. The number of benzene rings is 1. The molecule has 146 valence electrons. The fraction of sp³-hybridized carbons (Fsp3) is 0.409. The molecule has 1 saturated heterocycles. The molecule has 1 amide bonds. The second kappa shape index (κ2) is 10.2. The first-order valence-corrected chi connectivity index (χ1v) is 9.30. The largest absolute Gasteiger partial charge is 0.378 e. The molecule has 1 fully saturated rings. The first kappa shape index (κ1) is 21.1. The summed E-state index contributed by atoms with van der Waals surface area (Å²) >= 11 is 0. The number of hydrogen-bond acceptors (Lipinski definition) is 3. The Bertz CT molecular complexity index is 684. The highest BCUT2D eigenvalue weighted by Gasteiger charge is 2.27. The zero-order valence-corrected chi connectivity index (χ0v) is 15.9. The summed E-state index contributed by atoms with van der Waals surface area (Å²) in [6, 6.07) is 6.00. The van der Waals surface area contributed by atoms with Crippen LogP contribution >= 0.6 is 0 Å². The molecular formula is C22H29FN2O2. The van der Waals surface area contributed by atoms with E-state index in [2.05, 4.69) is 20.1 Å². The zero-order chi connectivity index (χ0) is 19.8. The van der Waals surface area contributed by atoms with Gasteiger partial charge in [0, 0.05) is 6.54 Å². The van der Waals surface area contributed by atoms with E-state index < -0.39 is 0 Å². The molecule has 3 atom stereocenters. The number of allylic oxidation sites excluding steroid dienone is 1. The lowest BCUT2D eigenvalue weighted by molar-refractivity contribution is -0.119. The highest BCUT2D eigenvalue weighted by molar-refractivity contribution is 5.55. The van der Waals surface area contributed by atoms with Crippen LogP contribution in [-0.4, -0.2) is 37.1 Å². The van der Waals surface area contributed by atoms with Gasteiger partial charge in [0.05, 0.1) is 18.8 Å². The highest BCUT2D eigenvalue weighted by Crippen LogP contribution is 2.35. The van der Waals surface area contributed by atoms with Gasteiger partial charge in [0.2, 0.25) is 6.41 Å². The number of carbonyl (C=O) groups excluding carboxylic acids is 1. The van der Waals surface area contributed by atoms with Crippen molar-refractivity contribution in [1.82, 2.24) is 4.90 Å². The SMILES string of the molecule is C=CC1=C(C=C)[C@H](c2ccc(F)cc2)N(C=O)CC1.C[C@@H]1C[C@H](CN)CO1. The fourth-order valence-electron chi connectivity index (χ4n) is 3.54. The van der Waals surface area contributed by atoms with Gasteiger partial charge < -0.3 is 15.4 Å². The molecule has 2 N–H and O–H groups in total. The minimum absolute atomic E-state index is 0.211. The zero-order valence-electron chi connectivity index (χ0n) is 15.9. The minimum Gasteiger partial charge on any atom is -0.378 e. The fourth-order valence-corrected chi connectivity index (χ4v) is 3.54. The van der Waals surface area contributed by atoms with Gasteiger partial charge in [-0.25, -0.2) is 4.39 Å². The lowest BCUT2D eigenvalue weighted by Gasteiger charge is -2.35. The third-order valence-electron chi connectivity index (χ3n) is 5.04. The Morgan fingerprint density at radius 3 is 2.44 bits per heavy atom. The molecule has 27 heavy (non-hydrogen) atoms. The smallest absolute Gasteiger partial charge is 0.210 e. The molecule has 1 aromatic rings. The third-order valence-corrected chi connectivity index (χ3v) is 5.04. The molecular weight excluding hydrogens is 343 g/mol. The van der Waals surface area contributed by atoms with E-state index in [1.54, 1.807) is 29.2 Å². The quantitative estimate of drug-likeness (QED) is 0.801. The van der Waals surface area contributed by atoms with Crippen molar-refractivity contribution in [1.29, 1.82) is 0 Å². The van der Waals surface area contributed by atoms with Crippen LogP contribution in [0.4, 0.5) is 4.39 Å². The van der Waals surface area contributed by atoms with Gasteiger partial charge in [-0.05, 0) is 61.1 Å². The molecule has 0 radical (unpaired) electrons. The van der Waals surface area contributed by atoms with Crippen molar-refractivity contribution in [2.45, 2.75) is 31.9 Å². The number of nitrogens with two attached hydrogens (primary N) is 1. The summed E-state index contributed by atoms with van der Waals surface area (Å²) in [6.45, 7) is 12.0. The van der Waals surface area contributed by atoms with Crippen molar-refractivity contribution in [3.8, 4) is 0 Å². The average molecular weight is 372 g/mol. The Morgan fingerprint density at radius 2 is 2.00 bits per heavy atom. The topological polar surface area (TPSA) is 55.6 Å². The number of halogens is 1. The predicted octanol–water partition coefficient (Wildman–Crippen LogP) is 3.77. The Kier molecular flexibility index (Phi) is 7.95. The lowest BCUT2D eigenvalue weighted by Crippen LogP contribution is -2.33. The molecule has 0 saturated carbocycles. The Labute approximate surface area is 161 Å². The predicted molar refractivity (Wildman–Crippen MR) is 107 cm³/mol. The monoisotopic (exact) mass is 372 g/mol. The number of carbonyl (C=O) groups is 1. The summed E-state index contributed by atoms with van der Waals surface area (Å²) < 4.78 is 18.3. The second-order valence-electron chi connectivity index (χ2n) is 6.92. The van der Waals surface area contributed by atoms with Crippen molar-refractivity contribution in [3.05, 3.63) is 72.1 Å². The van der Waals surface area contributed by atoms with E-state index in [0.717, 1.165) is 49.1 Å². The number of rotatable bonds is 5. The van der Waals surface area contributed by atoms with Crippen molar-refractivity contribution < 1.29 is 13.9 Å². The van der Waals surface area contributed by atoms with Crippen LogP contribution in [0.2, 0.25) is 0 Å². The second-order valence-corrected chi connectivity index (χ2v) is 6.92. The summed E-state index contributed by atoms with van der Waals surface area (Å²) in [5.74, 6) is 0.343. The summed E-state index contributed by atoms with van der Waals surface area (Å²) in [7, 11) is 0. The van der Waals surface area contributed by atoms with Gasteiger partial charge in [-0.2, -0.15) is 0 Å². The molecule has 2 aliphatic rings. The van der Waals surface area contributed by atoms with Crippen LogP contribution in [0.1, 0.15) is 31.4 Å². The summed E-state index contributed by atoms with van der Waals surface area (Å²) in [6.07, 6.45) is 6.74.